The summed E-state index contributed by atoms with van der Waals surface area (Å²) in [6.45, 7) is 1.13. The van der Waals surface area contributed by atoms with E-state index in [1.54, 1.807) is 0 Å². The molecule has 0 N–H and O–H groups in total. The van der Waals surface area contributed by atoms with Crippen LogP contribution in [0.25, 0.3) is 0 Å². The van der Waals surface area contributed by atoms with Crippen LogP contribution in [0.3, 0.4) is 0 Å². The molecule has 120 valence electrons. The number of pyridine rings is 1. The molecule has 0 aliphatic rings. The van der Waals surface area contributed by atoms with Crippen molar-refractivity contribution in [2.75, 3.05) is 7.11 Å². The molecule has 1 unspecified atom stereocenters. The van der Waals surface area contributed by atoms with Crippen LogP contribution >= 0.6 is 0 Å². The number of ether oxygens (including phenoxy) is 2. The van der Waals surface area contributed by atoms with Crippen LogP contribution in [0.2, 0.25) is 0 Å². The third-order valence-corrected chi connectivity index (χ3v) is 2.52. The second-order valence-corrected chi connectivity index (χ2v) is 4.24. The molecule has 0 saturated heterocycles. The largest absolute Gasteiger partial charge is 0.573 e. The minimum absolute atomic E-state index is 0.502. The normalized spacial score (nSPS) is 12.4. The monoisotopic (exact) mass is 319 g/mol. The molecule has 9 heteroatoms. The maximum atomic E-state index is 12.3. The summed E-state index contributed by atoms with van der Waals surface area (Å²) < 4.78 is 45.0. The van der Waals surface area contributed by atoms with Gasteiger partial charge >= 0.3 is 12.3 Å². The molecule has 1 aromatic rings. The summed E-state index contributed by atoms with van der Waals surface area (Å²) in [5, 5.41) is 0. The van der Waals surface area contributed by atoms with Crippen molar-refractivity contribution >= 4 is 17.5 Å². The lowest BCUT2D eigenvalue weighted by molar-refractivity contribution is -0.274. The Bertz CT molecular complexity index is 585. The number of nitrogens with zero attached hydrogens (tertiary/aromatic N) is 1. The van der Waals surface area contributed by atoms with Crippen LogP contribution in [0, 0.1) is 5.92 Å². The van der Waals surface area contributed by atoms with Crippen molar-refractivity contribution in [3.8, 4) is 5.75 Å². The van der Waals surface area contributed by atoms with Gasteiger partial charge in [0.2, 0.25) is 0 Å². The van der Waals surface area contributed by atoms with Gasteiger partial charge in [-0.25, -0.2) is 4.98 Å². The summed E-state index contributed by atoms with van der Waals surface area (Å²) in [5.74, 6) is -5.05. The van der Waals surface area contributed by atoms with Crippen LogP contribution in [0.15, 0.2) is 18.3 Å². The van der Waals surface area contributed by atoms with Crippen molar-refractivity contribution in [1.29, 1.82) is 0 Å². The lowest BCUT2D eigenvalue weighted by Crippen LogP contribution is -2.29. The number of hydrogen-bond donors (Lipinski definition) is 0. The summed E-state index contributed by atoms with van der Waals surface area (Å²) in [6.07, 6.45) is -4.47. The summed E-state index contributed by atoms with van der Waals surface area (Å²) in [6, 6.07) is 2.02. The van der Waals surface area contributed by atoms with Gasteiger partial charge in [0.15, 0.2) is 11.5 Å². The van der Waals surface area contributed by atoms with Crippen molar-refractivity contribution in [2.45, 2.75) is 19.7 Å². The van der Waals surface area contributed by atoms with E-state index in [-0.39, 0.29) is 0 Å². The lowest BCUT2D eigenvalue weighted by atomic mass is 9.95. The van der Waals surface area contributed by atoms with Gasteiger partial charge in [0, 0.05) is 12.6 Å². The molecule has 0 radical (unpaired) electrons. The molecule has 0 aliphatic heterocycles. The van der Waals surface area contributed by atoms with E-state index in [1.807, 2.05) is 0 Å². The number of carbonyl (C=O) groups excluding carboxylic acids is 3. The van der Waals surface area contributed by atoms with Gasteiger partial charge in [-0.15, -0.1) is 13.2 Å². The number of rotatable bonds is 6. The molecule has 1 rings (SSSR count). The van der Waals surface area contributed by atoms with Crippen molar-refractivity contribution < 1.29 is 37.0 Å². The fourth-order valence-corrected chi connectivity index (χ4v) is 1.66. The van der Waals surface area contributed by atoms with Crippen molar-refractivity contribution in [2.24, 2.45) is 5.92 Å². The first-order valence-corrected chi connectivity index (χ1v) is 5.98. The van der Waals surface area contributed by atoms with Gasteiger partial charge in [-0.1, -0.05) is 0 Å². The predicted octanol–water partition coefficient (Wildman–Crippen LogP) is 1.93. The first-order valence-electron chi connectivity index (χ1n) is 5.98. The van der Waals surface area contributed by atoms with E-state index >= 15 is 0 Å². The Kier molecular flexibility index (Phi) is 5.61. The standard InChI is InChI=1S/C13H12F3NO5/c1-7(18)6-8(12(20)21-2)11(19)10-9(4-3-5-17-10)22-13(14,15)16/h3-5,8H,6H2,1-2H3. The average molecular weight is 319 g/mol. The van der Waals surface area contributed by atoms with Crippen LogP contribution in [0.4, 0.5) is 13.2 Å². The third-order valence-electron chi connectivity index (χ3n) is 2.52. The number of carbonyl (C=O) groups is 3. The molecule has 22 heavy (non-hydrogen) atoms. The molecule has 0 bridgehead atoms. The van der Waals surface area contributed by atoms with Crippen LogP contribution in [-0.2, 0) is 14.3 Å². The maximum Gasteiger partial charge on any atom is 0.573 e. The molecule has 1 aromatic heterocycles. The SMILES string of the molecule is COC(=O)C(CC(C)=O)C(=O)c1ncccc1OC(F)(F)F. The summed E-state index contributed by atoms with van der Waals surface area (Å²) in [4.78, 5) is 38.4. The fourth-order valence-electron chi connectivity index (χ4n) is 1.66. The summed E-state index contributed by atoms with van der Waals surface area (Å²) >= 11 is 0. The maximum absolute atomic E-state index is 12.3. The summed E-state index contributed by atoms with van der Waals surface area (Å²) in [5.41, 5.74) is -0.698. The number of hydrogen-bond acceptors (Lipinski definition) is 6. The van der Waals surface area contributed by atoms with E-state index in [0.29, 0.717) is 0 Å². The Hall–Kier alpha value is -2.45. The number of Topliss-reactive ketones (excluding diaryl/α,β-unsaturated/α-hetero) is 2. The summed E-state index contributed by atoms with van der Waals surface area (Å²) in [7, 11) is 0.994. The van der Waals surface area contributed by atoms with E-state index in [2.05, 4.69) is 14.5 Å². The second kappa shape index (κ2) is 7.01. The molecular weight excluding hydrogens is 307 g/mol. The zero-order valence-electron chi connectivity index (χ0n) is 11.6. The number of alkyl halides is 3. The highest BCUT2D eigenvalue weighted by Crippen LogP contribution is 2.27. The molecule has 0 aromatic carbocycles. The Labute approximate surface area is 123 Å². The Morgan fingerprint density at radius 3 is 2.45 bits per heavy atom. The van der Waals surface area contributed by atoms with Crippen molar-refractivity contribution in [3.63, 3.8) is 0 Å². The smallest absolute Gasteiger partial charge is 0.468 e. The quantitative estimate of drug-likeness (QED) is 0.453. The molecule has 0 saturated carbocycles. The minimum atomic E-state index is -5.03. The molecule has 1 heterocycles. The first-order chi connectivity index (χ1) is 10.2. The van der Waals surface area contributed by atoms with E-state index in [4.69, 9.17) is 0 Å². The van der Waals surface area contributed by atoms with Gasteiger partial charge in [-0.2, -0.15) is 0 Å². The third kappa shape index (κ3) is 4.83. The van der Waals surface area contributed by atoms with Gasteiger partial charge in [-0.05, 0) is 19.1 Å². The van der Waals surface area contributed by atoms with Gasteiger partial charge < -0.3 is 9.47 Å². The highest BCUT2D eigenvalue weighted by Gasteiger charge is 2.36. The molecule has 0 amide bonds. The molecule has 6 nitrogen and oxygen atoms in total. The van der Waals surface area contributed by atoms with Crippen molar-refractivity contribution in [3.05, 3.63) is 24.0 Å². The molecule has 1 atom stereocenters. The van der Waals surface area contributed by atoms with Gasteiger partial charge in [0.1, 0.15) is 17.4 Å². The first kappa shape index (κ1) is 17.6. The van der Waals surface area contributed by atoms with Gasteiger partial charge in [0.05, 0.1) is 7.11 Å². The second-order valence-electron chi connectivity index (χ2n) is 4.24. The minimum Gasteiger partial charge on any atom is -0.468 e. The van der Waals surface area contributed by atoms with E-state index < -0.39 is 47.7 Å². The Balaban J connectivity index is 3.19. The molecule has 0 fully saturated rings. The van der Waals surface area contributed by atoms with E-state index in [1.165, 1.54) is 0 Å². The molecular formula is C13H12F3NO5. The number of ketones is 2. The number of methoxy groups -OCH3 is 1. The molecule has 0 spiro atoms. The van der Waals surface area contributed by atoms with Crippen molar-refractivity contribution in [1.82, 2.24) is 4.98 Å². The average Bonchev–Trinajstić information content (AvgIpc) is 2.42. The van der Waals surface area contributed by atoms with Gasteiger partial charge in [-0.3, -0.25) is 14.4 Å². The number of aromatic nitrogens is 1. The topological polar surface area (TPSA) is 82.6 Å². The van der Waals surface area contributed by atoms with Crippen LogP contribution in [0.1, 0.15) is 23.8 Å². The highest BCUT2D eigenvalue weighted by atomic mass is 19.4. The Morgan fingerprint density at radius 2 is 1.95 bits per heavy atom. The van der Waals surface area contributed by atoms with Crippen LogP contribution < -0.4 is 4.74 Å². The van der Waals surface area contributed by atoms with Gasteiger partial charge in [0.25, 0.3) is 0 Å². The van der Waals surface area contributed by atoms with Crippen LogP contribution in [0.5, 0.6) is 5.75 Å². The lowest BCUT2D eigenvalue weighted by Gasteiger charge is -2.15. The molecule has 0 aliphatic carbocycles. The predicted molar refractivity (Wildman–Crippen MR) is 66.1 cm³/mol. The van der Waals surface area contributed by atoms with E-state index in [0.717, 1.165) is 32.4 Å². The fraction of sp³-hybridized carbons (Fsp3) is 0.385. The highest BCUT2D eigenvalue weighted by molar-refractivity contribution is 6.10. The van der Waals surface area contributed by atoms with E-state index in [9.17, 15) is 27.6 Å². The van der Waals surface area contributed by atoms with Crippen LogP contribution in [-0.4, -0.2) is 36.0 Å². The zero-order chi connectivity index (χ0) is 16.9. The number of halogens is 3. The Morgan fingerprint density at radius 1 is 1.32 bits per heavy atom. The zero-order valence-corrected chi connectivity index (χ0v) is 11.6. The number of esters is 1.